The van der Waals surface area contributed by atoms with Crippen LogP contribution in [-0.4, -0.2) is 24.2 Å². The van der Waals surface area contributed by atoms with Gasteiger partial charge in [-0.25, -0.2) is 0 Å². The van der Waals surface area contributed by atoms with Gasteiger partial charge in [-0.3, -0.25) is 0 Å². The molecule has 98 valence electrons. The van der Waals surface area contributed by atoms with Gasteiger partial charge in [0.05, 0.1) is 6.61 Å². The van der Waals surface area contributed by atoms with Crippen molar-refractivity contribution in [2.24, 2.45) is 0 Å². The Bertz CT molecular complexity index is 401. The first kappa shape index (κ1) is 12.4. The van der Waals surface area contributed by atoms with Crippen LogP contribution in [0.2, 0.25) is 0 Å². The van der Waals surface area contributed by atoms with Crippen molar-refractivity contribution in [3.05, 3.63) is 29.3 Å². The lowest BCUT2D eigenvalue weighted by Crippen LogP contribution is -2.26. The minimum atomic E-state index is 0.830. The van der Waals surface area contributed by atoms with Crippen molar-refractivity contribution in [1.29, 1.82) is 0 Å². The lowest BCUT2D eigenvalue weighted by molar-refractivity contribution is 0.357. The molecule has 0 saturated carbocycles. The van der Waals surface area contributed by atoms with Crippen LogP contribution in [0.5, 0.6) is 5.75 Å². The van der Waals surface area contributed by atoms with Crippen LogP contribution in [0.3, 0.4) is 0 Å². The molecule has 1 fully saturated rings. The van der Waals surface area contributed by atoms with E-state index < -0.39 is 0 Å². The van der Waals surface area contributed by atoms with Gasteiger partial charge in [0, 0.05) is 24.8 Å². The Labute approximate surface area is 113 Å². The summed E-state index contributed by atoms with van der Waals surface area (Å²) in [5.74, 6) is 2.43. The summed E-state index contributed by atoms with van der Waals surface area (Å²) in [6, 6.07) is 6.60. The van der Waals surface area contributed by atoms with E-state index in [1.54, 1.807) is 0 Å². The summed E-state index contributed by atoms with van der Waals surface area (Å²) in [4.78, 5) is 0. The summed E-state index contributed by atoms with van der Waals surface area (Å²) in [5, 5.41) is 4.43. The molecular formula is C15H21NOS. The molecule has 1 saturated heterocycles. The van der Waals surface area contributed by atoms with E-state index in [9.17, 15) is 0 Å². The highest BCUT2D eigenvalue weighted by Gasteiger charge is 2.14. The summed E-state index contributed by atoms with van der Waals surface area (Å²) in [7, 11) is 0. The fourth-order valence-corrected chi connectivity index (χ4v) is 3.97. The van der Waals surface area contributed by atoms with Gasteiger partial charge in [-0.2, -0.15) is 11.8 Å². The molecule has 2 aliphatic rings. The Hall–Kier alpha value is -0.670. The number of fused-ring (bicyclic) bond motifs is 1. The SMILES string of the molecule is c1cc2c(cc1CNCC1CCCCS1)CCO2. The average Bonchev–Trinajstić information content (AvgIpc) is 2.87. The van der Waals surface area contributed by atoms with Gasteiger partial charge < -0.3 is 10.1 Å². The van der Waals surface area contributed by atoms with E-state index in [-0.39, 0.29) is 0 Å². The normalized spacial score (nSPS) is 22.6. The number of ether oxygens (including phenoxy) is 1. The first-order valence-corrected chi connectivity index (χ1v) is 8.03. The summed E-state index contributed by atoms with van der Waals surface area (Å²) in [6.45, 7) is 2.99. The molecule has 0 radical (unpaired) electrons. The molecule has 1 unspecified atom stereocenters. The van der Waals surface area contributed by atoms with E-state index in [0.29, 0.717) is 0 Å². The van der Waals surface area contributed by atoms with Gasteiger partial charge >= 0.3 is 0 Å². The maximum absolute atomic E-state index is 5.53. The maximum atomic E-state index is 5.53. The van der Waals surface area contributed by atoms with E-state index in [1.807, 2.05) is 0 Å². The number of hydrogen-bond acceptors (Lipinski definition) is 3. The number of nitrogens with one attached hydrogen (secondary N) is 1. The highest BCUT2D eigenvalue weighted by Crippen LogP contribution is 2.26. The highest BCUT2D eigenvalue weighted by atomic mass is 32.2. The zero-order chi connectivity index (χ0) is 12.2. The van der Waals surface area contributed by atoms with Crippen molar-refractivity contribution in [3.63, 3.8) is 0 Å². The molecule has 3 heteroatoms. The van der Waals surface area contributed by atoms with Gasteiger partial charge in [-0.15, -0.1) is 0 Å². The van der Waals surface area contributed by atoms with Crippen LogP contribution >= 0.6 is 11.8 Å². The molecule has 1 aromatic rings. The maximum Gasteiger partial charge on any atom is 0.122 e. The molecule has 0 aromatic heterocycles. The van der Waals surface area contributed by atoms with Crippen molar-refractivity contribution in [1.82, 2.24) is 5.32 Å². The minimum Gasteiger partial charge on any atom is -0.493 e. The third kappa shape index (κ3) is 3.01. The molecule has 18 heavy (non-hydrogen) atoms. The Morgan fingerprint density at radius 1 is 1.33 bits per heavy atom. The van der Waals surface area contributed by atoms with Gasteiger partial charge in [0.25, 0.3) is 0 Å². The fraction of sp³-hybridized carbons (Fsp3) is 0.600. The number of hydrogen-bond donors (Lipinski definition) is 1. The molecule has 2 heterocycles. The third-order valence-corrected chi connectivity index (χ3v) is 5.13. The van der Waals surface area contributed by atoms with E-state index in [4.69, 9.17) is 4.74 Å². The first-order valence-electron chi connectivity index (χ1n) is 6.99. The molecule has 0 aliphatic carbocycles. The monoisotopic (exact) mass is 263 g/mol. The van der Waals surface area contributed by atoms with Crippen molar-refractivity contribution in [3.8, 4) is 5.75 Å². The average molecular weight is 263 g/mol. The van der Waals surface area contributed by atoms with Crippen LogP contribution in [0.4, 0.5) is 0 Å². The molecule has 2 aliphatic heterocycles. The largest absolute Gasteiger partial charge is 0.493 e. The summed E-state index contributed by atoms with van der Waals surface area (Å²) in [6.07, 6.45) is 5.28. The lowest BCUT2D eigenvalue weighted by atomic mass is 10.1. The Morgan fingerprint density at radius 3 is 3.22 bits per heavy atom. The van der Waals surface area contributed by atoms with Crippen LogP contribution in [0.15, 0.2) is 18.2 Å². The van der Waals surface area contributed by atoms with E-state index in [0.717, 1.165) is 37.1 Å². The highest BCUT2D eigenvalue weighted by molar-refractivity contribution is 7.99. The number of rotatable bonds is 4. The second-order valence-electron chi connectivity index (χ2n) is 5.16. The summed E-state index contributed by atoms with van der Waals surface area (Å²) >= 11 is 2.14. The molecule has 0 amide bonds. The van der Waals surface area contributed by atoms with Crippen molar-refractivity contribution >= 4 is 11.8 Å². The van der Waals surface area contributed by atoms with E-state index in [2.05, 4.69) is 35.3 Å². The zero-order valence-electron chi connectivity index (χ0n) is 10.8. The van der Waals surface area contributed by atoms with Gasteiger partial charge in [-0.1, -0.05) is 18.6 Å². The minimum absolute atomic E-state index is 0.830. The van der Waals surface area contributed by atoms with Crippen molar-refractivity contribution < 1.29 is 4.74 Å². The number of benzene rings is 1. The predicted octanol–water partition coefficient (Wildman–Crippen LogP) is 3.00. The van der Waals surface area contributed by atoms with Gasteiger partial charge in [-0.05, 0) is 35.8 Å². The van der Waals surface area contributed by atoms with Crippen LogP contribution in [0.1, 0.15) is 30.4 Å². The smallest absolute Gasteiger partial charge is 0.122 e. The summed E-state index contributed by atoms with van der Waals surface area (Å²) < 4.78 is 5.53. The third-order valence-electron chi connectivity index (χ3n) is 3.73. The molecule has 1 N–H and O–H groups in total. The predicted molar refractivity (Wildman–Crippen MR) is 77.4 cm³/mol. The van der Waals surface area contributed by atoms with Crippen molar-refractivity contribution in [2.75, 3.05) is 18.9 Å². The molecule has 0 bridgehead atoms. The molecule has 2 nitrogen and oxygen atoms in total. The Balaban J connectivity index is 1.48. The first-order chi connectivity index (χ1) is 8.92. The van der Waals surface area contributed by atoms with Crippen LogP contribution < -0.4 is 10.1 Å². The van der Waals surface area contributed by atoms with Crippen LogP contribution in [0, 0.1) is 0 Å². The second-order valence-corrected chi connectivity index (χ2v) is 6.57. The zero-order valence-corrected chi connectivity index (χ0v) is 11.6. The molecule has 1 aromatic carbocycles. The Morgan fingerprint density at radius 2 is 2.33 bits per heavy atom. The van der Waals surface area contributed by atoms with Crippen molar-refractivity contribution in [2.45, 2.75) is 37.5 Å². The molecule has 3 rings (SSSR count). The van der Waals surface area contributed by atoms with E-state index in [1.165, 1.54) is 36.1 Å². The molecule has 0 spiro atoms. The topological polar surface area (TPSA) is 21.3 Å². The van der Waals surface area contributed by atoms with Crippen LogP contribution in [0.25, 0.3) is 0 Å². The Kier molecular flexibility index (Phi) is 4.11. The summed E-state index contributed by atoms with van der Waals surface area (Å²) in [5.41, 5.74) is 2.77. The fourth-order valence-electron chi connectivity index (χ4n) is 2.70. The second kappa shape index (κ2) is 5.98. The van der Waals surface area contributed by atoms with Gasteiger partial charge in [0.2, 0.25) is 0 Å². The van der Waals surface area contributed by atoms with E-state index >= 15 is 0 Å². The molecule has 1 atom stereocenters. The standard InChI is InChI=1S/C15H21NOS/c1-2-8-18-14(3-1)11-16-10-12-4-5-15-13(9-12)6-7-17-15/h4-5,9,14,16H,1-3,6-8,10-11H2. The van der Waals surface area contributed by atoms with Crippen LogP contribution in [-0.2, 0) is 13.0 Å². The number of thioether (sulfide) groups is 1. The molecular weight excluding hydrogens is 242 g/mol. The lowest BCUT2D eigenvalue weighted by Gasteiger charge is -2.21. The quantitative estimate of drug-likeness (QED) is 0.902. The van der Waals surface area contributed by atoms with Gasteiger partial charge in [0.15, 0.2) is 0 Å². The van der Waals surface area contributed by atoms with Gasteiger partial charge in [0.1, 0.15) is 5.75 Å².